The van der Waals surface area contributed by atoms with Crippen LogP contribution in [0.5, 0.6) is 0 Å². The van der Waals surface area contributed by atoms with E-state index in [9.17, 15) is 0 Å². The molecule has 1 aromatic carbocycles. The van der Waals surface area contributed by atoms with Crippen LogP contribution >= 0.6 is 11.6 Å². The SMILES string of the molecule is Cc1cccc(Cl)c1Nc1ncc(N)cn1. The van der Waals surface area contributed by atoms with Crippen LogP contribution < -0.4 is 11.1 Å². The lowest BCUT2D eigenvalue weighted by molar-refractivity contribution is 1.17. The van der Waals surface area contributed by atoms with Gasteiger partial charge in [0.1, 0.15) is 0 Å². The quantitative estimate of drug-likeness (QED) is 0.839. The third kappa shape index (κ3) is 2.23. The van der Waals surface area contributed by atoms with Crippen LogP contribution in [0.1, 0.15) is 5.56 Å². The molecule has 0 unspecified atom stereocenters. The molecule has 2 rings (SSSR count). The maximum Gasteiger partial charge on any atom is 0.227 e. The van der Waals surface area contributed by atoms with Crippen LogP contribution in [0.25, 0.3) is 0 Å². The Morgan fingerprint density at radius 3 is 2.56 bits per heavy atom. The van der Waals surface area contributed by atoms with Gasteiger partial charge in [0.15, 0.2) is 0 Å². The molecule has 5 heteroatoms. The van der Waals surface area contributed by atoms with Gasteiger partial charge in [-0.15, -0.1) is 0 Å². The Hall–Kier alpha value is -1.81. The van der Waals surface area contributed by atoms with Crippen molar-refractivity contribution in [2.45, 2.75) is 6.92 Å². The Bertz CT molecular complexity index is 476. The Kier molecular flexibility index (Phi) is 2.92. The Morgan fingerprint density at radius 1 is 1.25 bits per heavy atom. The minimum atomic E-state index is 0.477. The second-order valence-electron chi connectivity index (χ2n) is 3.40. The molecule has 2 aromatic rings. The van der Waals surface area contributed by atoms with Crippen molar-refractivity contribution in [1.29, 1.82) is 0 Å². The van der Waals surface area contributed by atoms with Crippen molar-refractivity contribution in [2.24, 2.45) is 0 Å². The summed E-state index contributed by atoms with van der Waals surface area (Å²) in [6, 6.07) is 5.67. The Balaban J connectivity index is 2.30. The van der Waals surface area contributed by atoms with E-state index in [1.807, 2.05) is 25.1 Å². The summed E-state index contributed by atoms with van der Waals surface area (Å²) in [7, 11) is 0. The number of nitrogens with one attached hydrogen (secondary N) is 1. The third-order valence-electron chi connectivity index (χ3n) is 2.13. The van der Waals surface area contributed by atoms with Crippen LogP contribution in [0.2, 0.25) is 5.02 Å². The first-order valence-electron chi connectivity index (χ1n) is 4.76. The van der Waals surface area contributed by atoms with Gasteiger partial charge in [-0.05, 0) is 18.6 Å². The molecule has 0 radical (unpaired) electrons. The molecule has 16 heavy (non-hydrogen) atoms. The van der Waals surface area contributed by atoms with Crippen molar-refractivity contribution >= 4 is 28.9 Å². The molecule has 0 amide bonds. The Labute approximate surface area is 98.5 Å². The molecule has 0 aliphatic heterocycles. The van der Waals surface area contributed by atoms with Gasteiger partial charge in [-0.25, -0.2) is 9.97 Å². The molecule has 1 aromatic heterocycles. The highest BCUT2D eigenvalue weighted by molar-refractivity contribution is 6.33. The fourth-order valence-corrected chi connectivity index (χ4v) is 1.57. The van der Waals surface area contributed by atoms with Crippen LogP contribution in [-0.2, 0) is 0 Å². The summed E-state index contributed by atoms with van der Waals surface area (Å²) in [6.45, 7) is 1.96. The van der Waals surface area contributed by atoms with Gasteiger partial charge in [-0.2, -0.15) is 0 Å². The smallest absolute Gasteiger partial charge is 0.227 e. The van der Waals surface area contributed by atoms with Gasteiger partial charge >= 0.3 is 0 Å². The summed E-state index contributed by atoms with van der Waals surface area (Å²) < 4.78 is 0. The molecule has 1 heterocycles. The van der Waals surface area contributed by atoms with E-state index in [1.54, 1.807) is 12.4 Å². The average molecular weight is 235 g/mol. The van der Waals surface area contributed by atoms with Crippen LogP contribution in [0, 0.1) is 6.92 Å². The summed E-state index contributed by atoms with van der Waals surface area (Å²) in [5.41, 5.74) is 7.88. The van der Waals surface area contributed by atoms with E-state index in [2.05, 4.69) is 15.3 Å². The standard InChI is InChI=1S/C11H11ClN4/c1-7-3-2-4-9(12)10(7)16-11-14-5-8(13)6-15-11/h2-6H,13H2,1H3,(H,14,15,16). The highest BCUT2D eigenvalue weighted by Gasteiger charge is 2.04. The van der Waals surface area contributed by atoms with Crippen LogP contribution in [0.3, 0.4) is 0 Å². The number of hydrogen-bond donors (Lipinski definition) is 2. The monoisotopic (exact) mass is 234 g/mol. The van der Waals surface area contributed by atoms with Gasteiger partial charge in [-0.3, -0.25) is 0 Å². The summed E-state index contributed by atoms with van der Waals surface area (Å²) >= 11 is 6.07. The van der Waals surface area contributed by atoms with E-state index < -0.39 is 0 Å². The summed E-state index contributed by atoms with van der Waals surface area (Å²) in [6.07, 6.45) is 3.09. The fraction of sp³-hybridized carbons (Fsp3) is 0.0909. The largest absolute Gasteiger partial charge is 0.396 e. The van der Waals surface area contributed by atoms with Gasteiger partial charge in [0.05, 0.1) is 28.8 Å². The molecule has 0 saturated heterocycles. The van der Waals surface area contributed by atoms with Crippen molar-refractivity contribution < 1.29 is 0 Å². The molecular weight excluding hydrogens is 224 g/mol. The van der Waals surface area contributed by atoms with E-state index in [-0.39, 0.29) is 0 Å². The van der Waals surface area contributed by atoms with Gasteiger partial charge in [0, 0.05) is 0 Å². The first-order chi connectivity index (χ1) is 7.66. The molecular formula is C11H11ClN4. The lowest BCUT2D eigenvalue weighted by atomic mass is 10.2. The number of para-hydroxylation sites is 1. The maximum atomic E-state index is 6.07. The minimum Gasteiger partial charge on any atom is -0.396 e. The van der Waals surface area contributed by atoms with E-state index >= 15 is 0 Å². The minimum absolute atomic E-state index is 0.477. The highest BCUT2D eigenvalue weighted by atomic mass is 35.5. The molecule has 0 spiro atoms. The number of nitrogen functional groups attached to an aromatic ring is 1. The van der Waals surface area contributed by atoms with Crippen LogP contribution in [-0.4, -0.2) is 9.97 Å². The number of halogens is 1. The van der Waals surface area contributed by atoms with Crippen molar-refractivity contribution in [3.63, 3.8) is 0 Å². The molecule has 0 aliphatic rings. The zero-order valence-corrected chi connectivity index (χ0v) is 9.49. The number of aromatic nitrogens is 2. The third-order valence-corrected chi connectivity index (χ3v) is 2.45. The fourth-order valence-electron chi connectivity index (χ4n) is 1.30. The lowest BCUT2D eigenvalue weighted by Gasteiger charge is -2.09. The van der Waals surface area contributed by atoms with Gasteiger partial charge < -0.3 is 11.1 Å². The first-order valence-corrected chi connectivity index (χ1v) is 5.14. The van der Waals surface area contributed by atoms with Gasteiger partial charge in [-0.1, -0.05) is 23.7 Å². The molecule has 0 atom stereocenters. The topological polar surface area (TPSA) is 63.8 Å². The molecule has 0 bridgehead atoms. The average Bonchev–Trinajstić information content (AvgIpc) is 2.26. The molecule has 4 nitrogen and oxygen atoms in total. The maximum absolute atomic E-state index is 6.07. The summed E-state index contributed by atoms with van der Waals surface area (Å²) in [5, 5.41) is 3.70. The van der Waals surface area contributed by atoms with E-state index in [1.165, 1.54) is 0 Å². The zero-order chi connectivity index (χ0) is 11.5. The molecule has 3 N–H and O–H groups in total. The van der Waals surface area contributed by atoms with E-state index in [4.69, 9.17) is 17.3 Å². The molecule has 0 aliphatic carbocycles. The highest BCUT2D eigenvalue weighted by Crippen LogP contribution is 2.27. The molecule has 0 saturated carbocycles. The second-order valence-corrected chi connectivity index (χ2v) is 3.80. The molecule has 82 valence electrons. The number of benzene rings is 1. The summed E-state index contributed by atoms with van der Waals surface area (Å²) in [4.78, 5) is 8.10. The predicted octanol–water partition coefficient (Wildman–Crippen LogP) is 2.76. The Morgan fingerprint density at radius 2 is 1.94 bits per heavy atom. The van der Waals surface area contributed by atoms with E-state index in [0.717, 1.165) is 11.3 Å². The lowest BCUT2D eigenvalue weighted by Crippen LogP contribution is -1.99. The number of nitrogens with zero attached hydrogens (tertiary/aromatic N) is 2. The number of rotatable bonds is 2. The van der Waals surface area contributed by atoms with Crippen molar-refractivity contribution in [3.8, 4) is 0 Å². The predicted molar refractivity (Wildman–Crippen MR) is 65.9 cm³/mol. The van der Waals surface area contributed by atoms with Gasteiger partial charge in [0.25, 0.3) is 0 Å². The number of hydrogen-bond acceptors (Lipinski definition) is 4. The van der Waals surface area contributed by atoms with Crippen molar-refractivity contribution in [2.75, 3.05) is 11.1 Å². The van der Waals surface area contributed by atoms with Crippen molar-refractivity contribution in [1.82, 2.24) is 9.97 Å². The number of anilines is 3. The van der Waals surface area contributed by atoms with E-state index in [0.29, 0.717) is 16.7 Å². The van der Waals surface area contributed by atoms with Crippen LogP contribution in [0.15, 0.2) is 30.6 Å². The first kappa shape index (κ1) is 10.7. The zero-order valence-electron chi connectivity index (χ0n) is 8.74. The number of aryl methyl sites for hydroxylation is 1. The van der Waals surface area contributed by atoms with Crippen molar-refractivity contribution in [3.05, 3.63) is 41.2 Å². The van der Waals surface area contributed by atoms with Crippen LogP contribution in [0.4, 0.5) is 17.3 Å². The summed E-state index contributed by atoms with van der Waals surface area (Å²) in [5.74, 6) is 0.477. The number of nitrogens with two attached hydrogens (primary N) is 1. The molecule has 0 fully saturated rings. The van der Waals surface area contributed by atoms with Gasteiger partial charge in [0.2, 0.25) is 5.95 Å². The normalized spacial score (nSPS) is 10.1. The second kappa shape index (κ2) is 4.37.